The molecule has 6 heteroatoms. The second-order valence-corrected chi connectivity index (χ2v) is 4.37. The van der Waals surface area contributed by atoms with Gasteiger partial charge >= 0.3 is 5.97 Å². The fourth-order valence-corrected chi connectivity index (χ4v) is 1.88. The first kappa shape index (κ1) is 13.8. The summed E-state index contributed by atoms with van der Waals surface area (Å²) < 4.78 is 13.6. The smallest absolute Gasteiger partial charge is 0.337 e. The molecule has 0 aromatic heterocycles. The summed E-state index contributed by atoms with van der Waals surface area (Å²) in [6.45, 7) is 1.24. The van der Waals surface area contributed by atoms with Crippen LogP contribution in [0.1, 0.15) is 29.0 Å². The summed E-state index contributed by atoms with van der Waals surface area (Å²) in [5, 5.41) is 18.1. The summed E-state index contributed by atoms with van der Waals surface area (Å²) in [6.07, 6.45) is -1.86. The summed E-state index contributed by atoms with van der Waals surface area (Å²) in [7, 11) is 0. The summed E-state index contributed by atoms with van der Waals surface area (Å²) in [5.74, 6) is -2.62. The molecule has 0 aliphatic carbocycles. The summed E-state index contributed by atoms with van der Waals surface area (Å²) in [6, 6.07) is 3.65. The van der Waals surface area contributed by atoms with Gasteiger partial charge in [0.25, 0.3) is 0 Å². The zero-order chi connectivity index (χ0) is 13.2. The second kappa shape index (κ2) is 5.37. The average molecular weight is 305 g/mol. The van der Waals surface area contributed by atoms with Gasteiger partial charge in [-0.1, -0.05) is 28.1 Å². The van der Waals surface area contributed by atoms with E-state index in [4.69, 9.17) is 5.11 Å². The van der Waals surface area contributed by atoms with Crippen LogP contribution in [0.15, 0.2) is 18.2 Å². The van der Waals surface area contributed by atoms with Crippen molar-refractivity contribution in [3.8, 4) is 0 Å². The molecule has 0 saturated carbocycles. The highest BCUT2D eigenvalue weighted by Gasteiger charge is 2.27. The normalized spacial score (nSPS) is 14.1. The Morgan fingerprint density at radius 3 is 2.47 bits per heavy atom. The predicted octanol–water partition coefficient (Wildman–Crippen LogP) is 1.97. The Balaban J connectivity index is 3.36. The van der Waals surface area contributed by atoms with Gasteiger partial charge in [0.1, 0.15) is 16.4 Å². The molecule has 0 heterocycles. The lowest BCUT2D eigenvalue weighted by atomic mass is 9.98. The number of alkyl halides is 1. The molecule has 1 rings (SSSR count). The zero-order valence-corrected chi connectivity index (χ0v) is 10.4. The highest BCUT2D eigenvalue weighted by molar-refractivity contribution is 9.09. The van der Waals surface area contributed by atoms with E-state index in [9.17, 15) is 19.1 Å². The first-order valence-corrected chi connectivity index (χ1v) is 5.61. The van der Waals surface area contributed by atoms with Crippen LogP contribution in [-0.2, 0) is 9.59 Å². The van der Waals surface area contributed by atoms with Crippen LogP contribution in [0.3, 0.4) is 0 Å². The van der Waals surface area contributed by atoms with E-state index < -0.39 is 22.7 Å². The Morgan fingerprint density at radius 2 is 2.00 bits per heavy atom. The molecule has 0 bridgehead atoms. The van der Waals surface area contributed by atoms with Crippen molar-refractivity contribution in [2.75, 3.05) is 0 Å². The van der Waals surface area contributed by atoms with Crippen LogP contribution in [-0.4, -0.2) is 22.0 Å². The fourth-order valence-electron chi connectivity index (χ4n) is 1.40. The van der Waals surface area contributed by atoms with Gasteiger partial charge in [-0.15, -0.1) is 0 Å². The number of halogens is 2. The number of carbonyl (C=O) groups is 2. The number of carbonyl (C=O) groups excluding carboxylic acids is 1. The number of aliphatic hydroxyl groups is 1. The molecule has 0 spiro atoms. The van der Waals surface area contributed by atoms with Gasteiger partial charge < -0.3 is 10.2 Å². The van der Waals surface area contributed by atoms with Gasteiger partial charge in [0.05, 0.1) is 0 Å². The molecule has 4 nitrogen and oxygen atoms in total. The Labute approximate surface area is 105 Å². The minimum atomic E-state index is -1.86. The fraction of sp³-hybridized carbons (Fsp3) is 0.273. The Hall–Kier alpha value is -1.27. The number of rotatable bonds is 4. The number of aliphatic carboxylic acids is 1. The number of hydrogen-bond donors (Lipinski definition) is 2. The summed E-state index contributed by atoms with van der Waals surface area (Å²) >= 11 is 2.98. The van der Waals surface area contributed by atoms with Gasteiger partial charge in [-0.05, 0) is 18.6 Å². The Bertz CT molecular complexity index is 461. The molecule has 17 heavy (non-hydrogen) atoms. The third-order valence-corrected chi connectivity index (χ3v) is 3.33. The van der Waals surface area contributed by atoms with E-state index in [-0.39, 0.29) is 16.9 Å². The molecule has 0 saturated heterocycles. The predicted molar refractivity (Wildman–Crippen MR) is 61.3 cm³/mol. The number of carboxylic acid groups (broad SMARTS) is 1. The summed E-state index contributed by atoms with van der Waals surface area (Å²) in [4.78, 5) is 20.9. The number of Topliss-reactive ketones (excluding diaryl/α,β-unsaturated/α-hetero) is 1. The van der Waals surface area contributed by atoms with Gasteiger partial charge in [-0.25, -0.2) is 9.18 Å². The van der Waals surface area contributed by atoms with Gasteiger partial charge in [0, 0.05) is 5.56 Å². The van der Waals surface area contributed by atoms with E-state index in [1.54, 1.807) is 0 Å². The van der Waals surface area contributed by atoms with Crippen LogP contribution >= 0.6 is 15.9 Å². The van der Waals surface area contributed by atoms with Crippen molar-refractivity contribution < 1.29 is 24.2 Å². The molecule has 2 atom stereocenters. The second-order valence-electron chi connectivity index (χ2n) is 3.46. The SMILES string of the molecule is CC(=O)C(Br)c1c(F)cccc1C(O)C(=O)O. The topological polar surface area (TPSA) is 74.6 Å². The van der Waals surface area contributed by atoms with Gasteiger partial charge in [0.15, 0.2) is 6.10 Å². The number of carboxylic acids is 1. The average Bonchev–Trinajstić information content (AvgIpc) is 2.26. The maximum Gasteiger partial charge on any atom is 0.337 e. The van der Waals surface area contributed by atoms with E-state index in [1.165, 1.54) is 19.1 Å². The molecule has 0 fully saturated rings. The van der Waals surface area contributed by atoms with Crippen molar-refractivity contribution in [2.45, 2.75) is 17.9 Å². The van der Waals surface area contributed by atoms with E-state index in [1.807, 2.05) is 0 Å². The first-order chi connectivity index (χ1) is 7.86. The molecule has 2 N–H and O–H groups in total. The van der Waals surface area contributed by atoms with Gasteiger partial charge in [0.2, 0.25) is 0 Å². The minimum Gasteiger partial charge on any atom is -0.479 e. The quantitative estimate of drug-likeness (QED) is 0.834. The van der Waals surface area contributed by atoms with E-state index in [0.29, 0.717) is 0 Å². The molecule has 0 aliphatic heterocycles. The Kier molecular flexibility index (Phi) is 4.36. The van der Waals surface area contributed by atoms with Crippen molar-refractivity contribution in [3.05, 3.63) is 35.1 Å². The minimum absolute atomic E-state index is 0.130. The van der Waals surface area contributed by atoms with Crippen molar-refractivity contribution in [2.24, 2.45) is 0 Å². The molecule has 1 aromatic rings. The molecule has 2 unspecified atom stereocenters. The molecule has 1 aromatic carbocycles. The summed E-state index contributed by atoms with van der Waals surface area (Å²) in [5.41, 5.74) is -0.274. The monoisotopic (exact) mass is 304 g/mol. The van der Waals surface area contributed by atoms with Crippen LogP contribution in [0.5, 0.6) is 0 Å². The first-order valence-electron chi connectivity index (χ1n) is 4.70. The van der Waals surface area contributed by atoms with Crippen LogP contribution < -0.4 is 0 Å². The van der Waals surface area contributed by atoms with Gasteiger partial charge in [-0.2, -0.15) is 0 Å². The van der Waals surface area contributed by atoms with Crippen molar-refractivity contribution in [3.63, 3.8) is 0 Å². The number of hydrogen-bond acceptors (Lipinski definition) is 3. The largest absolute Gasteiger partial charge is 0.479 e. The van der Waals surface area contributed by atoms with Gasteiger partial charge in [-0.3, -0.25) is 4.79 Å². The van der Waals surface area contributed by atoms with Crippen LogP contribution in [0.4, 0.5) is 4.39 Å². The van der Waals surface area contributed by atoms with Crippen molar-refractivity contribution in [1.29, 1.82) is 0 Å². The van der Waals surface area contributed by atoms with E-state index in [2.05, 4.69) is 15.9 Å². The third-order valence-electron chi connectivity index (χ3n) is 2.23. The maximum absolute atomic E-state index is 13.6. The highest BCUT2D eigenvalue weighted by Crippen LogP contribution is 2.32. The van der Waals surface area contributed by atoms with Crippen LogP contribution in [0.25, 0.3) is 0 Å². The number of benzene rings is 1. The van der Waals surface area contributed by atoms with Crippen molar-refractivity contribution in [1.82, 2.24) is 0 Å². The molecule has 0 aliphatic rings. The molecular weight excluding hydrogens is 295 g/mol. The Morgan fingerprint density at radius 1 is 1.41 bits per heavy atom. The van der Waals surface area contributed by atoms with E-state index >= 15 is 0 Å². The standard InChI is InChI=1S/C11H10BrFO4/c1-5(14)9(12)8-6(10(15)11(16)17)3-2-4-7(8)13/h2-4,9-10,15H,1H3,(H,16,17). The van der Waals surface area contributed by atoms with Crippen LogP contribution in [0.2, 0.25) is 0 Å². The third kappa shape index (κ3) is 2.89. The lowest BCUT2D eigenvalue weighted by Crippen LogP contribution is -2.16. The maximum atomic E-state index is 13.6. The highest BCUT2D eigenvalue weighted by atomic mass is 79.9. The molecule has 92 valence electrons. The molecule has 0 radical (unpaired) electrons. The van der Waals surface area contributed by atoms with Crippen LogP contribution in [0, 0.1) is 5.82 Å². The molecule has 0 amide bonds. The zero-order valence-electron chi connectivity index (χ0n) is 8.85. The number of ketones is 1. The van der Waals surface area contributed by atoms with Crippen molar-refractivity contribution >= 4 is 27.7 Å². The lowest BCUT2D eigenvalue weighted by molar-refractivity contribution is -0.147. The molecular formula is C11H10BrFO4. The number of aliphatic hydroxyl groups excluding tert-OH is 1. The van der Waals surface area contributed by atoms with E-state index in [0.717, 1.165) is 6.07 Å². The lowest BCUT2D eigenvalue weighted by Gasteiger charge is -2.15.